The third-order valence-corrected chi connectivity index (χ3v) is 5.36. The summed E-state index contributed by atoms with van der Waals surface area (Å²) in [4.78, 5) is 15.2. The fourth-order valence-corrected chi connectivity index (χ4v) is 4.09. The third kappa shape index (κ3) is 3.01. The second-order valence-corrected chi connectivity index (χ2v) is 7.21. The Bertz CT molecular complexity index is 958. The van der Waals surface area contributed by atoms with Crippen LogP contribution in [-0.2, 0) is 0 Å². The van der Waals surface area contributed by atoms with Crippen molar-refractivity contribution >= 4 is 40.2 Å². The van der Waals surface area contributed by atoms with Crippen molar-refractivity contribution in [2.45, 2.75) is 0 Å². The molecule has 134 valence electrons. The number of nitrogen functional groups attached to an aromatic ring is 1. The van der Waals surface area contributed by atoms with Gasteiger partial charge in [-0.05, 0) is 24.3 Å². The van der Waals surface area contributed by atoms with E-state index >= 15 is 0 Å². The molecular weight excluding hydrogens is 351 g/mol. The topological polar surface area (TPSA) is 80.0 Å². The Kier molecular flexibility index (Phi) is 4.50. The van der Waals surface area contributed by atoms with Gasteiger partial charge in [-0.25, -0.2) is 9.37 Å². The summed E-state index contributed by atoms with van der Waals surface area (Å²) in [6.07, 6.45) is 0. The summed E-state index contributed by atoms with van der Waals surface area (Å²) in [5.41, 5.74) is 8.14. The largest absolute Gasteiger partial charge is 0.372 e. The second-order valence-electron chi connectivity index (χ2n) is 5.98. The Morgan fingerprint density at radius 3 is 2.69 bits per heavy atom. The van der Waals surface area contributed by atoms with E-state index in [-0.39, 0.29) is 11.8 Å². The lowest BCUT2D eigenvalue weighted by molar-refractivity contribution is 0.630. The van der Waals surface area contributed by atoms with Crippen LogP contribution < -0.4 is 16.0 Å². The number of anilines is 3. The maximum Gasteiger partial charge on any atom is 0.224 e. The van der Waals surface area contributed by atoms with Gasteiger partial charge in [0.1, 0.15) is 11.6 Å². The molecule has 26 heavy (non-hydrogen) atoms. The molecule has 0 bridgehead atoms. The molecule has 1 aliphatic rings. The average molecular weight is 370 g/mol. The van der Waals surface area contributed by atoms with Crippen molar-refractivity contribution in [1.82, 2.24) is 15.0 Å². The lowest BCUT2D eigenvalue weighted by atomic mass is 10.1. The molecule has 1 fully saturated rings. The number of thioether (sulfide) groups is 1. The molecule has 0 spiro atoms. The average Bonchev–Trinajstić information content (AvgIpc) is 2.67. The van der Waals surface area contributed by atoms with E-state index in [0.29, 0.717) is 22.7 Å². The number of fused-ring (bicyclic) bond motifs is 1. The van der Waals surface area contributed by atoms with Crippen LogP contribution in [0.4, 0.5) is 21.8 Å². The Balaban J connectivity index is 1.87. The van der Waals surface area contributed by atoms with Crippen molar-refractivity contribution in [3.05, 3.63) is 36.1 Å². The highest BCUT2D eigenvalue weighted by atomic mass is 32.2. The molecule has 1 saturated heterocycles. The predicted molar refractivity (Wildman–Crippen MR) is 106 cm³/mol. The molecule has 0 amide bonds. The van der Waals surface area contributed by atoms with Crippen molar-refractivity contribution in [1.29, 1.82) is 0 Å². The third-order valence-electron chi connectivity index (χ3n) is 4.41. The Hall–Kier alpha value is -2.61. The van der Waals surface area contributed by atoms with E-state index in [1.54, 1.807) is 13.1 Å². The fraction of sp³-hybridized carbons (Fsp3) is 0.278. The molecule has 1 aromatic carbocycles. The van der Waals surface area contributed by atoms with E-state index in [4.69, 9.17) is 5.73 Å². The van der Waals surface area contributed by atoms with Gasteiger partial charge >= 0.3 is 0 Å². The number of hydrogen-bond donors (Lipinski definition) is 2. The molecule has 0 aliphatic carbocycles. The fourth-order valence-electron chi connectivity index (χ4n) is 3.19. The monoisotopic (exact) mass is 370 g/mol. The van der Waals surface area contributed by atoms with Crippen LogP contribution in [0.25, 0.3) is 22.3 Å². The van der Waals surface area contributed by atoms with Crippen LogP contribution in [0.5, 0.6) is 0 Å². The van der Waals surface area contributed by atoms with Crippen LogP contribution in [0.2, 0.25) is 0 Å². The van der Waals surface area contributed by atoms with Gasteiger partial charge in [0.15, 0.2) is 5.65 Å². The lowest BCUT2D eigenvalue weighted by Crippen LogP contribution is -2.33. The zero-order valence-corrected chi connectivity index (χ0v) is 15.2. The number of halogens is 1. The van der Waals surface area contributed by atoms with Gasteiger partial charge in [-0.3, -0.25) is 0 Å². The Morgan fingerprint density at radius 1 is 1.12 bits per heavy atom. The van der Waals surface area contributed by atoms with Crippen molar-refractivity contribution in [2.24, 2.45) is 0 Å². The van der Waals surface area contributed by atoms with E-state index in [9.17, 15) is 4.39 Å². The number of rotatable bonds is 3. The lowest BCUT2D eigenvalue weighted by Gasteiger charge is -2.30. The number of nitrogens with zero attached hydrogens (tertiary/aromatic N) is 4. The zero-order valence-electron chi connectivity index (χ0n) is 14.4. The highest BCUT2D eigenvalue weighted by Crippen LogP contribution is 2.34. The first-order chi connectivity index (χ1) is 12.7. The van der Waals surface area contributed by atoms with Gasteiger partial charge in [0.05, 0.1) is 16.6 Å². The van der Waals surface area contributed by atoms with E-state index in [1.165, 1.54) is 6.07 Å². The Labute approximate surface area is 155 Å². The quantitative estimate of drug-likeness (QED) is 0.733. The minimum absolute atomic E-state index is 0.133. The standard InChI is InChI=1S/C18H19FN6S/c1-21-16-11-5-6-13(22-17(11)24-18(20)23-16)15-12(19)3-2-4-14(15)25-7-9-26-10-8-25/h2-6H,7-10H2,1H3,(H3,20,21,22,23,24). The van der Waals surface area contributed by atoms with Crippen molar-refractivity contribution in [3.8, 4) is 11.3 Å². The van der Waals surface area contributed by atoms with Crippen molar-refractivity contribution in [2.75, 3.05) is 47.6 Å². The molecule has 0 saturated carbocycles. The molecule has 3 N–H and O–H groups in total. The highest BCUT2D eigenvalue weighted by molar-refractivity contribution is 7.99. The molecule has 3 heterocycles. The second kappa shape index (κ2) is 6.95. The van der Waals surface area contributed by atoms with Crippen LogP contribution in [0.1, 0.15) is 0 Å². The summed E-state index contributed by atoms with van der Waals surface area (Å²) in [7, 11) is 1.76. The summed E-state index contributed by atoms with van der Waals surface area (Å²) in [6.45, 7) is 1.79. The maximum atomic E-state index is 14.8. The molecule has 3 aromatic rings. The van der Waals surface area contributed by atoms with E-state index in [1.807, 2.05) is 30.0 Å². The summed E-state index contributed by atoms with van der Waals surface area (Å²) < 4.78 is 14.8. The van der Waals surface area contributed by atoms with Crippen LogP contribution >= 0.6 is 11.8 Å². The van der Waals surface area contributed by atoms with Crippen LogP contribution in [0.15, 0.2) is 30.3 Å². The highest BCUT2D eigenvalue weighted by Gasteiger charge is 2.20. The van der Waals surface area contributed by atoms with Crippen molar-refractivity contribution < 1.29 is 4.39 Å². The molecule has 0 atom stereocenters. The van der Waals surface area contributed by atoms with Gasteiger partial charge in [0.25, 0.3) is 0 Å². The molecule has 0 radical (unpaired) electrons. The van der Waals surface area contributed by atoms with Gasteiger partial charge in [-0.1, -0.05) is 6.07 Å². The predicted octanol–water partition coefficient (Wildman–Crippen LogP) is 3.01. The first-order valence-corrected chi connectivity index (χ1v) is 9.56. The maximum absolute atomic E-state index is 14.8. The number of nitrogens with one attached hydrogen (secondary N) is 1. The smallest absolute Gasteiger partial charge is 0.224 e. The first-order valence-electron chi connectivity index (χ1n) is 8.41. The number of hydrogen-bond acceptors (Lipinski definition) is 7. The number of pyridine rings is 1. The van der Waals surface area contributed by atoms with Crippen LogP contribution in [0.3, 0.4) is 0 Å². The molecule has 8 heteroatoms. The zero-order chi connectivity index (χ0) is 18.1. The van der Waals surface area contributed by atoms with Gasteiger partial charge < -0.3 is 16.0 Å². The van der Waals surface area contributed by atoms with E-state index < -0.39 is 0 Å². The minimum Gasteiger partial charge on any atom is -0.372 e. The number of aromatic nitrogens is 3. The summed E-state index contributed by atoms with van der Waals surface area (Å²) in [5.74, 6) is 2.53. The van der Waals surface area contributed by atoms with Gasteiger partial charge in [0.2, 0.25) is 5.95 Å². The molecule has 4 rings (SSSR count). The minimum atomic E-state index is -0.288. The number of benzene rings is 1. The molecule has 6 nitrogen and oxygen atoms in total. The molecule has 1 aliphatic heterocycles. The van der Waals surface area contributed by atoms with Crippen LogP contribution in [0, 0.1) is 5.82 Å². The van der Waals surface area contributed by atoms with Gasteiger partial charge in [-0.15, -0.1) is 0 Å². The number of nitrogens with two attached hydrogens (primary N) is 1. The SMILES string of the molecule is CNc1nc(N)nc2nc(-c3c(F)cccc3N3CCSCC3)ccc12. The van der Waals surface area contributed by atoms with E-state index in [0.717, 1.165) is 35.7 Å². The summed E-state index contributed by atoms with van der Waals surface area (Å²) in [5, 5.41) is 3.74. The summed E-state index contributed by atoms with van der Waals surface area (Å²) in [6, 6.07) is 8.83. The first kappa shape index (κ1) is 16.8. The molecular formula is C18H19FN6S. The van der Waals surface area contributed by atoms with Gasteiger partial charge in [-0.2, -0.15) is 21.7 Å². The van der Waals surface area contributed by atoms with Crippen molar-refractivity contribution in [3.63, 3.8) is 0 Å². The normalized spacial score (nSPS) is 14.6. The summed E-state index contributed by atoms with van der Waals surface area (Å²) >= 11 is 1.92. The Morgan fingerprint density at radius 2 is 1.92 bits per heavy atom. The molecule has 0 unspecified atom stereocenters. The van der Waals surface area contributed by atoms with E-state index in [2.05, 4.69) is 25.2 Å². The molecule has 2 aromatic heterocycles. The van der Waals surface area contributed by atoms with Gasteiger partial charge in [0, 0.05) is 37.3 Å². The van der Waals surface area contributed by atoms with Crippen LogP contribution in [-0.4, -0.2) is 46.6 Å².